The summed E-state index contributed by atoms with van der Waals surface area (Å²) in [7, 11) is 1.54. The molecule has 28 heavy (non-hydrogen) atoms. The van der Waals surface area contributed by atoms with Crippen molar-refractivity contribution in [3.63, 3.8) is 0 Å². The summed E-state index contributed by atoms with van der Waals surface area (Å²) in [6, 6.07) is 12.1. The Morgan fingerprint density at radius 2 is 1.75 bits per heavy atom. The van der Waals surface area contributed by atoms with Gasteiger partial charge in [-0.25, -0.2) is 9.97 Å². The lowest BCUT2D eigenvalue weighted by Gasteiger charge is -2.11. The van der Waals surface area contributed by atoms with Crippen LogP contribution >= 0.6 is 0 Å². The van der Waals surface area contributed by atoms with Crippen LogP contribution in [0.3, 0.4) is 0 Å². The van der Waals surface area contributed by atoms with Crippen molar-refractivity contribution in [3.8, 4) is 17.2 Å². The number of methoxy groups -OCH3 is 1. The molecule has 10 nitrogen and oxygen atoms in total. The fraction of sp³-hybridized carbons (Fsp3) is 0.111. The van der Waals surface area contributed by atoms with Crippen LogP contribution < -0.4 is 24.8 Å². The molecule has 2 aromatic carbocycles. The minimum Gasteiger partial charge on any atom is -0.497 e. The molecule has 4 rings (SSSR count). The topological polar surface area (TPSA) is 121 Å². The highest BCUT2D eigenvalue weighted by Crippen LogP contribution is 2.37. The molecular weight excluding hydrogens is 366 g/mol. The fourth-order valence-electron chi connectivity index (χ4n) is 2.68. The minimum atomic E-state index is -0.544. The number of anilines is 4. The van der Waals surface area contributed by atoms with Crippen molar-refractivity contribution in [2.45, 2.75) is 0 Å². The van der Waals surface area contributed by atoms with Gasteiger partial charge < -0.3 is 24.8 Å². The van der Waals surface area contributed by atoms with Gasteiger partial charge in [0.1, 0.15) is 12.1 Å². The molecular formula is C18H15N5O5. The Hall–Kier alpha value is -4.08. The van der Waals surface area contributed by atoms with Crippen LogP contribution in [0.25, 0.3) is 0 Å². The van der Waals surface area contributed by atoms with E-state index in [1.807, 2.05) is 0 Å². The normalized spacial score (nSPS) is 11.8. The molecule has 142 valence electrons. The van der Waals surface area contributed by atoms with Gasteiger partial charge in [-0.3, -0.25) is 10.1 Å². The molecule has 0 saturated heterocycles. The summed E-state index contributed by atoms with van der Waals surface area (Å²) >= 11 is 0. The van der Waals surface area contributed by atoms with E-state index in [2.05, 4.69) is 20.6 Å². The molecule has 1 aromatic heterocycles. The van der Waals surface area contributed by atoms with Crippen molar-refractivity contribution in [1.29, 1.82) is 0 Å². The zero-order valence-corrected chi connectivity index (χ0v) is 14.7. The second kappa shape index (κ2) is 7.27. The summed E-state index contributed by atoms with van der Waals surface area (Å²) in [6.45, 7) is 0.140. The third-order valence-corrected chi connectivity index (χ3v) is 3.97. The average Bonchev–Trinajstić information content (AvgIpc) is 3.16. The van der Waals surface area contributed by atoms with Crippen LogP contribution in [0.5, 0.6) is 17.2 Å². The average molecular weight is 381 g/mol. The lowest BCUT2D eigenvalue weighted by Crippen LogP contribution is -2.05. The maximum absolute atomic E-state index is 11.7. The summed E-state index contributed by atoms with van der Waals surface area (Å²) in [5.74, 6) is 1.88. The largest absolute Gasteiger partial charge is 0.497 e. The van der Waals surface area contributed by atoms with Crippen molar-refractivity contribution in [2.75, 3.05) is 24.5 Å². The SMILES string of the molecule is COc1cccc(Nc2ncnc(Nc3ccc4c(c3)OCO4)c2[N+](=O)[O-])c1. The van der Waals surface area contributed by atoms with E-state index in [-0.39, 0.29) is 24.1 Å². The molecule has 0 bridgehead atoms. The number of hydrogen-bond donors (Lipinski definition) is 2. The molecule has 1 aliphatic heterocycles. The zero-order valence-electron chi connectivity index (χ0n) is 14.7. The lowest BCUT2D eigenvalue weighted by atomic mass is 10.2. The first-order valence-corrected chi connectivity index (χ1v) is 8.21. The highest BCUT2D eigenvalue weighted by molar-refractivity contribution is 5.77. The Labute approximate surface area is 159 Å². The third kappa shape index (κ3) is 3.43. The first-order chi connectivity index (χ1) is 13.6. The van der Waals surface area contributed by atoms with Crippen LogP contribution in [0.1, 0.15) is 0 Å². The van der Waals surface area contributed by atoms with E-state index in [1.54, 1.807) is 49.6 Å². The van der Waals surface area contributed by atoms with E-state index in [0.29, 0.717) is 28.6 Å². The number of rotatable bonds is 6. The number of nitrogens with one attached hydrogen (secondary N) is 2. The fourth-order valence-corrected chi connectivity index (χ4v) is 2.68. The number of benzene rings is 2. The van der Waals surface area contributed by atoms with E-state index < -0.39 is 4.92 Å². The lowest BCUT2D eigenvalue weighted by molar-refractivity contribution is -0.383. The van der Waals surface area contributed by atoms with E-state index in [4.69, 9.17) is 14.2 Å². The molecule has 0 aliphatic carbocycles. The number of nitrogens with zero attached hydrogens (tertiary/aromatic N) is 3. The molecule has 0 fully saturated rings. The van der Waals surface area contributed by atoms with Gasteiger partial charge in [-0.15, -0.1) is 0 Å². The quantitative estimate of drug-likeness (QED) is 0.487. The van der Waals surface area contributed by atoms with Crippen molar-refractivity contribution >= 4 is 28.7 Å². The van der Waals surface area contributed by atoms with E-state index >= 15 is 0 Å². The van der Waals surface area contributed by atoms with Gasteiger partial charge in [0.2, 0.25) is 18.4 Å². The van der Waals surface area contributed by atoms with Gasteiger partial charge in [0.05, 0.1) is 12.0 Å². The van der Waals surface area contributed by atoms with E-state index in [9.17, 15) is 10.1 Å². The zero-order chi connectivity index (χ0) is 19.5. The first kappa shape index (κ1) is 17.3. The van der Waals surface area contributed by atoms with Gasteiger partial charge in [0.15, 0.2) is 11.5 Å². The highest BCUT2D eigenvalue weighted by atomic mass is 16.7. The Morgan fingerprint density at radius 1 is 1.04 bits per heavy atom. The highest BCUT2D eigenvalue weighted by Gasteiger charge is 2.24. The molecule has 0 unspecified atom stereocenters. The Bertz CT molecular complexity index is 1040. The molecule has 0 spiro atoms. The maximum Gasteiger partial charge on any atom is 0.353 e. The molecule has 2 N–H and O–H groups in total. The van der Waals surface area contributed by atoms with Crippen LogP contribution in [0.2, 0.25) is 0 Å². The molecule has 0 radical (unpaired) electrons. The third-order valence-electron chi connectivity index (χ3n) is 3.97. The van der Waals surface area contributed by atoms with Gasteiger partial charge in [0.25, 0.3) is 0 Å². The Balaban J connectivity index is 1.66. The first-order valence-electron chi connectivity index (χ1n) is 8.21. The molecule has 2 heterocycles. The van der Waals surface area contributed by atoms with E-state index in [0.717, 1.165) is 0 Å². The molecule has 0 amide bonds. The van der Waals surface area contributed by atoms with Gasteiger partial charge in [-0.1, -0.05) is 6.07 Å². The van der Waals surface area contributed by atoms with Gasteiger partial charge >= 0.3 is 5.69 Å². The number of ether oxygens (including phenoxy) is 3. The van der Waals surface area contributed by atoms with Crippen LogP contribution in [-0.4, -0.2) is 28.8 Å². The van der Waals surface area contributed by atoms with Crippen molar-refractivity contribution in [3.05, 3.63) is 58.9 Å². The number of nitro groups is 1. The van der Waals surface area contributed by atoms with E-state index in [1.165, 1.54) is 6.33 Å². The molecule has 10 heteroatoms. The standard InChI is InChI=1S/C18H15N5O5/c1-26-13-4-2-3-11(7-13)21-17-16(23(24)25)18(20-9-19-17)22-12-5-6-14-15(8-12)28-10-27-14/h2-9H,10H2,1H3,(H2,19,20,21,22). The monoisotopic (exact) mass is 381 g/mol. The second-order valence-electron chi connectivity index (χ2n) is 5.73. The minimum absolute atomic E-state index is 0.0456. The molecule has 0 saturated carbocycles. The van der Waals surface area contributed by atoms with Crippen LogP contribution in [0.4, 0.5) is 28.7 Å². The smallest absolute Gasteiger partial charge is 0.353 e. The predicted octanol–water partition coefficient (Wildman–Crippen LogP) is 3.61. The molecule has 1 aliphatic rings. The Kier molecular flexibility index (Phi) is 4.50. The predicted molar refractivity (Wildman–Crippen MR) is 101 cm³/mol. The second-order valence-corrected chi connectivity index (χ2v) is 5.73. The van der Waals surface area contributed by atoms with Gasteiger partial charge in [-0.05, 0) is 24.3 Å². The van der Waals surface area contributed by atoms with Crippen LogP contribution in [0, 0.1) is 10.1 Å². The summed E-state index contributed by atoms with van der Waals surface area (Å²) in [5.41, 5.74) is 0.872. The van der Waals surface area contributed by atoms with Gasteiger partial charge in [0, 0.05) is 23.5 Å². The van der Waals surface area contributed by atoms with Gasteiger partial charge in [-0.2, -0.15) is 0 Å². The number of hydrogen-bond acceptors (Lipinski definition) is 9. The number of aromatic nitrogens is 2. The van der Waals surface area contributed by atoms with Crippen molar-refractivity contribution in [1.82, 2.24) is 9.97 Å². The van der Waals surface area contributed by atoms with Crippen LogP contribution in [-0.2, 0) is 0 Å². The summed E-state index contributed by atoms with van der Waals surface area (Å²) < 4.78 is 15.8. The van der Waals surface area contributed by atoms with Crippen LogP contribution in [0.15, 0.2) is 48.8 Å². The Morgan fingerprint density at radius 3 is 2.46 bits per heavy atom. The summed E-state index contributed by atoms with van der Waals surface area (Å²) in [6.07, 6.45) is 1.24. The molecule has 3 aromatic rings. The maximum atomic E-state index is 11.7. The summed E-state index contributed by atoms with van der Waals surface area (Å²) in [4.78, 5) is 19.2. The molecule has 0 atom stereocenters. The summed E-state index contributed by atoms with van der Waals surface area (Å²) in [5, 5.41) is 17.6. The van der Waals surface area contributed by atoms with Crippen molar-refractivity contribution < 1.29 is 19.1 Å². The van der Waals surface area contributed by atoms with Crippen molar-refractivity contribution in [2.24, 2.45) is 0 Å². The number of fused-ring (bicyclic) bond motifs is 1.